The largest absolute Gasteiger partial charge is 0.342 e. The Hall–Kier alpha value is -1.06. The second-order valence-corrected chi connectivity index (χ2v) is 7.66. The Labute approximate surface area is 122 Å². The predicted molar refractivity (Wildman–Crippen MR) is 79.1 cm³/mol. The normalized spacial score (nSPS) is 33.1. The predicted octanol–water partition coefficient (Wildman–Crippen LogP) is 2.33. The van der Waals surface area contributed by atoms with Crippen molar-refractivity contribution in [1.29, 1.82) is 0 Å². The van der Waals surface area contributed by atoms with Crippen molar-refractivity contribution in [3.63, 3.8) is 0 Å². The first-order chi connectivity index (χ1) is 9.14. The first-order valence-corrected chi connectivity index (χ1v) is 7.78. The van der Waals surface area contributed by atoms with Crippen LogP contribution in [-0.4, -0.2) is 34.3 Å². The van der Waals surface area contributed by atoms with Crippen molar-refractivity contribution < 1.29 is 9.59 Å². The van der Waals surface area contributed by atoms with Gasteiger partial charge in [0.05, 0.1) is 0 Å². The minimum Gasteiger partial charge on any atom is -0.342 e. The maximum atomic E-state index is 13.0. The lowest BCUT2D eigenvalue weighted by molar-refractivity contribution is -0.164. The minimum absolute atomic E-state index is 0.0276. The van der Waals surface area contributed by atoms with Gasteiger partial charge in [0.2, 0.25) is 11.8 Å². The Morgan fingerprint density at radius 3 is 2.30 bits per heavy atom. The molecule has 0 aromatic heterocycles. The lowest BCUT2D eigenvalue weighted by Gasteiger charge is -2.51. The van der Waals surface area contributed by atoms with Crippen LogP contribution < -0.4 is 5.32 Å². The lowest BCUT2D eigenvalue weighted by Crippen LogP contribution is -2.74. The van der Waals surface area contributed by atoms with Crippen LogP contribution in [0.1, 0.15) is 60.8 Å². The number of nitrogens with one attached hydrogen (secondary N) is 1. The van der Waals surface area contributed by atoms with Crippen LogP contribution in [-0.2, 0) is 9.59 Å². The number of carbonyl (C=O) groups is 2. The zero-order chi connectivity index (χ0) is 15.3. The molecule has 1 aliphatic heterocycles. The van der Waals surface area contributed by atoms with Gasteiger partial charge in [0.1, 0.15) is 11.6 Å². The third-order valence-corrected chi connectivity index (χ3v) is 4.99. The fourth-order valence-corrected chi connectivity index (χ4v) is 3.29. The molecule has 1 N–H and O–H groups in total. The van der Waals surface area contributed by atoms with Crippen LogP contribution in [0.25, 0.3) is 0 Å². The van der Waals surface area contributed by atoms with E-state index in [1.165, 1.54) is 0 Å². The van der Waals surface area contributed by atoms with E-state index in [2.05, 4.69) is 19.2 Å². The van der Waals surface area contributed by atoms with Gasteiger partial charge in [-0.15, -0.1) is 0 Å². The summed E-state index contributed by atoms with van der Waals surface area (Å²) >= 11 is 0. The van der Waals surface area contributed by atoms with E-state index in [1.54, 1.807) is 0 Å². The highest BCUT2D eigenvalue weighted by atomic mass is 16.2. The van der Waals surface area contributed by atoms with E-state index >= 15 is 0 Å². The topological polar surface area (TPSA) is 49.4 Å². The van der Waals surface area contributed by atoms with Gasteiger partial charge >= 0.3 is 0 Å². The summed E-state index contributed by atoms with van der Waals surface area (Å²) in [5.41, 5.74) is -0.919. The maximum Gasteiger partial charge on any atom is 0.246 e. The van der Waals surface area contributed by atoms with Crippen LogP contribution in [0.2, 0.25) is 0 Å². The average Bonchev–Trinajstić information content (AvgIpc) is 3.16. The van der Waals surface area contributed by atoms with Crippen molar-refractivity contribution in [3.8, 4) is 0 Å². The van der Waals surface area contributed by atoms with Gasteiger partial charge in [0, 0.05) is 6.04 Å². The van der Waals surface area contributed by atoms with Crippen molar-refractivity contribution in [2.75, 3.05) is 0 Å². The highest BCUT2D eigenvalue weighted by molar-refractivity contribution is 6.00. The van der Waals surface area contributed by atoms with E-state index in [0.717, 1.165) is 19.3 Å². The zero-order valence-corrected chi connectivity index (χ0v) is 13.6. The molecule has 1 saturated heterocycles. The second kappa shape index (κ2) is 4.74. The molecule has 0 radical (unpaired) electrons. The fraction of sp³-hybridized carbons (Fsp3) is 0.875. The van der Waals surface area contributed by atoms with Crippen molar-refractivity contribution in [1.82, 2.24) is 10.2 Å². The molecule has 1 heterocycles. The summed E-state index contributed by atoms with van der Waals surface area (Å²) in [6, 6.07) is -0.320. The van der Waals surface area contributed by atoms with E-state index in [9.17, 15) is 9.59 Å². The van der Waals surface area contributed by atoms with Crippen LogP contribution in [0.3, 0.4) is 0 Å². The number of hydrogen-bond donors (Lipinski definition) is 1. The van der Waals surface area contributed by atoms with Gasteiger partial charge in [-0.1, -0.05) is 27.7 Å². The molecule has 3 atom stereocenters. The van der Waals surface area contributed by atoms with E-state index in [4.69, 9.17) is 0 Å². The van der Waals surface area contributed by atoms with E-state index < -0.39 is 11.6 Å². The molecule has 1 aliphatic carbocycles. The highest BCUT2D eigenvalue weighted by Crippen LogP contribution is 2.46. The standard InChI is InChI=1S/C16H28N2O2/c1-7-10(2)18-13(19)12(15(3,4)5)17-14(20)16(18,6)11-8-9-11/h10-12H,7-9H2,1-6H3,(H,17,20). The molecule has 4 nitrogen and oxygen atoms in total. The smallest absolute Gasteiger partial charge is 0.246 e. The highest BCUT2D eigenvalue weighted by Gasteiger charge is 2.59. The quantitative estimate of drug-likeness (QED) is 0.862. The molecule has 3 unspecified atom stereocenters. The van der Waals surface area contributed by atoms with Crippen molar-refractivity contribution in [2.45, 2.75) is 78.4 Å². The number of carbonyl (C=O) groups excluding carboxylic acids is 2. The van der Waals surface area contributed by atoms with E-state index in [1.807, 2.05) is 32.6 Å². The SMILES string of the molecule is CCC(C)N1C(=O)C(C(C)(C)C)NC(=O)C1(C)C1CC1. The van der Waals surface area contributed by atoms with Crippen LogP contribution in [0.15, 0.2) is 0 Å². The molecule has 2 fully saturated rings. The molecule has 0 aromatic carbocycles. The summed E-state index contributed by atoms with van der Waals surface area (Å²) in [6.07, 6.45) is 2.97. The van der Waals surface area contributed by atoms with Gasteiger partial charge in [-0.3, -0.25) is 9.59 Å². The first-order valence-electron chi connectivity index (χ1n) is 7.78. The molecule has 2 amide bonds. The minimum atomic E-state index is -0.658. The molecule has 20 heavy (non-hydrogen) atoms. The fourth-order valence-electron chi connectivity index (χ4n) is 3.29. The summed E-state index contributed by atoms with van der Waals surface area (Å²) in [6.45, 7) is 12.1. The van der Waals surface area contributed by atoms with Gasteiger partial charge in [0.15, 0.2) is 0 Å². The lowest BCUT2D eigenvalue weighted by atomic mass is 9.79. The molecule has 4 heteroatoms. The second-order valence-electron chi connectivity index (χ2n) is 7.66. The molecule has 0 bridgehead atoms. The molecule has 2 rings (SSSR count). The maximum absolute atomic E-state index is 13.0. The Kier molecular flexibility index (Phi) is 3.64. The van der Waals surface area contributed by atoms with Crippen LogP contribution in [0.5, 0.6) is 0 Å². The van der Waals surface area contributed by atoms with Crippen molar-refractivity contribution >= 4 is 11.8 Å². The molecule has 0 aromatic rings. The third-order valence-electron chi connectivity index (χ3n) is 4.99. The van der Waals surface area contributed by atoms with E-state index in [-0.39, 0.29) is 23.3 Å². The number of amides is 2. The van der Waals surface area contributed by atoms with Gasteiger partial charge in [-0.05, 0) is 44.4 Å². The zero-order valence-electron chi connectivity index (χ0n) is 13.6. The van der Waals surface area contributed by atoms with Crippen LogP contribution >= 0.6 is 0 Å². The Bertz CT molecular complexity index is 423. The van der Waals surface area contributed by atoms with Crippen molar-refractivity contribution in [3.05, 3.63) is 0 Å². The Morgan fingerprint density at radius 1 is 1.35 bits per heavy atom. The monoisotopic (exact) mass is 280 g/mol. The van der Waals surface area contributed by atoms with Gasteiger partial charge in [0.25, 0.3) is 0 Å². The number of rotatable bonds is 3. The molecular weight excluding hydrogens is 252 g/mol. The van der Waals surface area contributed by atoms with E-state index in [0.29, 0.717) is 5.92 Å². The summed E-state index contributed by atoms with van der Waals surface area (Å²) in [5.74, 6) is 0.432. The summed E-state index contributed by atoms with van der Waals surface area (Å²) in [5, 5.41) is 3.00. The number of hydrogen-bond acceptors (Lipinski definition) is 2. The first kappa shape index (κ1) is 15.3. The molecule has 2 aliphatic rings. The third kappa shape index (κ3) is 2.23. The Balaban J connectivity index is 2.42. The number of nitrogens with zero attached hydrogens (tertiary/aromatic N) is 1. The number of piperazine rings is 1. The molecule has 0 spiro atoms. The summed E-state index contributed by atoms with van der Waals surface area (Å²) in [4.78, 5) is 27.6. The molecule has 114 valence electrons. The van der Waals surface area contributed by atoms with Crippen LogP contribution in [0.4, 0.5) is 0 Å². The van der Waals surface area contributed by atoms with Gasteiger partial charge in [-0.25, -0.2) is 0 Å². The van der Waals surface area contributed by atoms with Gasteiger partial charge < -0.3 is 10.2 Å². The van der Waals surface area contributed by atoms with Crippen LogP contribution in [0, 0.1) is 11.3 Å². The Morgan fingerprint density at radius 2 is 1.90 bits per heavy atom. The molecule has 1 saturated carbocycles. The summed E-state index contributed by atoms with van der Waals surface area (Å²) in [7, 11) is 0. The van der Waals surface area contributed by atoms with Crippen molar-refractivity contribution in [2.24, 2.45) is 11.3 Å². The molecular formula is C16H28N2O2. The van der Waals surface area contributed by atoms with Gasteiger partial charge in [-0.2, -0.15) is 0 Å². The average molecular weight is 280 g/mol. The summed E-state index contributed by atoms with van der Waals surface area (Å²) < 4.78 is 0.